The van der Waals surface area contributed by atoms with Crippen LogP contribution in [0.2, 0.25) is 0 Å². The lowest BCUT2D eigenvalue weighted by Crippen LogP contribution is -2.40. The van der Waals surface area contributed by atoms with E-state index in [1.165, 1.54) is 0 Å². The molecule has 0 aliphatic carbocycles. The van der Waals surface area contributed by atoms with Crippen LogP contribution in [-0.4, -0.2) is 30.8 Å². The fraction of sp³-hybridized carbons (Fsp3) is 0.727. The molecular formula is C11H18F2O5S. The summed E-state index contributed by atoms with van der Waals surface area (Å²) in [6, 6.07) is 0. The molecule has 0 aliphatic heterocycles. The third-order valence-corrected chi connectivity index (χ3v) is 3.96. The van der Waals surface area contributed by atoms with Crippen molar-refractivity contribution in [2.45, 2.75) is 38.4 Å². The highest BCUT2D eigenvalue weighted by molar-refractivity contribution is 7.87. The Morgan fingerprint density at radius 2 is 1.84 bits per heavy atom. The summed E-state index contributed by atoms with van der Waals surface area (Å²) in [5, 5.41) is -4.95. The van der Waals surface area contributed by atoms with Crippen LogP contribution in [0.4, 0.5) is 8.78 Å². The van der Waals surface area contributed by atoms with Crippen molar-refractivity contribution in [2.24, 2.45) is 5.41 Å². The van der Waals surface area contributed by atoms with Gasteiger partial charge in [0.25, 0.3) is 0 Å². The maximum atomic E-state index is 13.0. The van der Waals surface area contributed by atoms with E-state index in [1.54, 1.807) is 19.9 Å². The molecule has 0 saturated heterocycles. The summed E-state index contributed by atoms with van der Waals surface area (Å²) in [7, 11) is -5.82. The van der Waals surface area contributed by atoms with Crippen LogP contribution >= 0.6 is 0 Å². The Balaban J connectivity index is 4.89. The third-order valence-electron chi connectivity index (χ3n) is 3.15. The molecule has 0 aromatic rings. The fourth-order valence-corrected chi connectivity index (χ4v) is 1.79. The number of carbonyl (C=O) groups excluding carboxylic acids is 1. The number of halogens is 2. The van der Waals surface area contributed by atoms with E-state index in [1.807, 2.05) is 0 Å². The average molecular weight is 300 g/mol. The molecule has 0 rings (SSSR count). The van der Waals surface area contributed by atoms with Crippen LogP contribution in [0.5, 0.6) is 0 Å². The molecule has 0 aromatic carbocycles. The summed E-state index contributed by atoms with van der Waals surface area (Å²) in [6.07, 6.45) is 3.09. The minimum absolute atomic E-state index is 0.365. The largest absolute Gasteiger partial charge is 0.465 e. The van der Waals surface area contributed by atoms with Gasteiger partial charge in [-0.25, -0.2) is 4.79 Å². The molecule has 0 aromatic heterocycles. The van der Waals surface area contributed by atoms with Gasteiger partial charge < -0.3 is 4.74 Å². The van der Waals surface area contributed by atoms with Gasteiger partial charge in [-0.3, -0.25) is 4.55 Å². The Kier molecular flexibility index (Phi) is 6.08. The molecular weight excluding hydrogens is 282 g/mol. The maximum Gasteiger partial charge on any atom is 0.465 e. The average Bonchev–Trinajstić information content (AvgIpc) is 2.32. The summed E-state index contributed by atoms with van der Waals surface area (Å²) >= 11 is 0. The Bertz CT molecular complexity index is 426. The number of ether oxygens (including phenoxy) is 1. The summed E-state index contributed by atoms with van der Waals surface area (Å²) in [4.78, 5) is 11.1. The smallest absolute Gasteiger partial charge is 0.460 e. The second-order valence-electron chi connectivity index (χ2n) is 4.27. The molecule has 8 heteroatoms. The number of alkyl halides is 2. The monoisotopic (exact) mass is 300 g/mol. The van der Waals surface area contributed by atoms with Crippen LogP contribution in [0.3, 0.4) is 0 Å². The van der Waals surface area contributed by atoms with Gasteiger partial charge in [-0.1, -0.05) is 19.9 Å². The Labute approximate surface area is 111 Å². The second kappa shape index (κ2) is 6.42. The zero-order valence-corrected chi connectivity index (χ0v) is 11.7. The maximum absolute atomic E-state index is 13.0. The van der Waals surface area contributed by atoms with Gasteiger partial charge in [0.1, 0.15) is 0 Å². The van der Waals surface area contributed by atoms with Crippen molar-refractivity contribution in [1.29, 1.82) is 0 Å². The third kappa shape index (κ3) is 4.24. The normalized spacial score (nSPS) is 13.1. The van der Waals surface area contributed by atoms with Crippen LogP contribution in [0, 0.1) is 5.41 Å². The fourth-order valence-electron chi connectivity index (χ4n) is 1.52. The Morgan fingerprint density at radius 1 is 1.37 bits per heavy atom. The zero-order valence-electron chi connectivity index (χ0n) is 10.9. The molecule has 0 atom stereocenters. The molecule has 0 fully saturated rings. The minimum atomic E-state index is -5.82. The van der Waals surface area contributed by atoms with Crippen molar-refractivity contribution in [1.82, 2.24) is 0 Å². The first-order valence-corrected chi connectivity index (χ1v) is 7.13. The van der Waals surface area contributed by atoms with Gasteiger partial charge >= 0.3 is 21.3 Å². The van der Waals surface area contributed by atoms with Gasteiger partial charge in [0, 0.05) is 5.41 Å². The number of hydrogen-bond donors (Lipinski definition) is 1. The SMILES string of the molecule is C=CCC(CC)(CC)COC(=O)C(F)(F)S(=O)(=O)O. The Morgan fingerprint density at radius 3 is 2.16 bits per heavy atom. The number of hydrogen-bond acceptors (Lipinski definition) is 4. The standard InChI is InChI=1S/C11H18F2O5S/c1-4-7-10(5-2,6-3)8-18-9(14)11(12,13)19(15,16)17/h4H,1,5-8H2,2-3H3,(H,15,16,17). The summed E-state index contributed by atoms with van der Waals surface area (Å²) in [5.41, 5.74) is -0.563. The first-order chi connectivity index (χ1) is 8.56. The van der Waals surface area contributed by atoms with Crippen molar-refractivity contribution in [3.05, 3.63) is 12.7 Å². The van der Waals surface area contributed by atoms with E-state index in [4.69, 9.17) is 4.55 Å². The molecule has 0 radical (unpaired) electrons. The van der Waals surface area contributed by atoms with Crippen molar-refractivity contribution in [3.8, 4) is 0 Å². The molecule has 0 saturated carbocycles. The number of rotatable bonds is 8. The van der Waals surface area contributed by atoms with Crippen molar-refractivity contribution in [3.63, 3.8) is 0 Å². The summed E-state index contributed by atoms with van der Waals surface area (Å²) in [5.74, 6) is -2.27. The van der Waals surface area contributed by atoms with Crippen molar-refractivity contribution >= 4 is 16.1 Å². The van der Waals surface area contributed by atoms with E-state index in [9.17, 15) is 22.0 Å². The minimum Gasteiger partial charge on any atom is -0.460 e. The summed E-state index contributed by atoms with van der Waals surface area (Å²) in [6.45, 7) is 6.75. The molecule has 0 bridgehead atoms. The van der Waals surface area contributed by atoms with Crippen molar-refractivity contribution in [2.75, 3.05) is 6.61 Å². The number of esters is 1. The van der Waals surface area contributed by atoms with Crippen LogP contribution in [-0.2, 0) is 19.6 Å². The summed E-state index contributed by atoms with van der Waals surface area (Å²) < 4.78 is 59.3. The van der Waals surface area contributed by atoms with Gasteiger partial charge in [0.15, 0.2) is 0 Å². The van der Waals surface area contributed by atoms with Gasteiger partial charge in [-0.15, -0.1) is 6.58 Å². The molecule has 0 unspecified atom stereocenters. The molecule has 112 valence electrons. The molecule has 0 amide bonds. The molecule has 0 spiro atoms. The lowest BCUT2D eigenvalue weighted by Gasteiger charge is -2.30. The van der Waals surface area contributed by atoms with Crippen LogP contribution < -0.4 is 0 Å². The van der Waals surface area contributed by atoms with E-state index in [2.05, 4.69) is 11.3 Å². The first-order valence-electron chi connectivity index (χ1n) is 5.69. The first kappa shape index (κ1) is 18.0. The van der Waals surface area contributed by atoms with E-state index in [0.29, 0.717) is 19.3 Å². The predicted molar refractivity (Wildman–Crippen MR) is 65.3 cm³/mol. The van der Waals surface area contributed by atoms with E-state index >= 15 is 0 Å². The molecule has 19 heavy (non-hydrogen) atoms. The quantitative estimate of drug-likeness (QED) is 0.423. The molecule has 0 aliphatic rings. The van der Waals surface area contributed by atoms with Gasteiger partial charge in [0.2, 0.25) is 0 Å². The van der Waals surface area contributed by atoms with Crippen LogP contribution in [0.1, 0.15) is 33.1 Å². The van der Waals surface area contributed by atoms with E-state index in [0.717, 1.165) is 0 Å². The van der Waals surface area contributed by atoms with E-state index in [-0.39, 0.29) is 6.61 Å². The molecule has 1 N–H and O–H groups in total. The highest BCUT2D eigenvalue weighted by Crippen LogP contribution is 2.32. The topological polar surface area (TPSA) is 80.7 Å². The highest BCUT2D eigenvalue weighted by atomic mass is 32.2. The zero-order chi connectivity index (χ0) is 15.3. The second-order valence-corrected chi connectivity index (χ2v) is 5.73. The van der Waals surface area contributed by atoms with Gasteiger partial charge in [-0.2, -0.15) is 17.2 Å². The van der Waals surface area contributed by atoms with Crippen molar-refractivity contribution < 1.29 is 31.3 Å². The lowest BCUT2D eigenvalue weighted by atomic mass is 9.80. The number of allylic oxidation sites excluding steroid dienone is 1. The molecule has 0 heterocycles. The highest BCUT2D eigenvalue weighted by Gasteiger charge is 2.54. The van der Waals surface area contributed by atoms with Gasteiger partial charge in [0.05, 0.1) is 6.61 Å². The van der Waals surface area contributed by atoms with Crippen LogP contribution in [0.25, 0.3) is 0 Å². The number of carbonyl (C=O) groups is 1. The van der Waals surface area contributed by atoms with Gasteiger partial charge in [-0.05, 0) is 19.3 Å². The van der Waals surface area contributed by atoms with E-state index < -0.39 is 26.8 Å². The lowest BCUT2D eigenvalue weighted by molar-refractivity contribution is -0.165. The predicted octanol–water partition coefficient (Wildman–Crippen LogP) is 2.39. The van der Waals surface area contributed by atoms with Crippen LogP contribution in [0.15, 0.2) is 12.7 Å². The molecule has 5 nitrogen and oxygen atoms in total. The Hall–Kier alpha value is -1.02.